The molecule has 1 fully saturated rings. The average Bonchev–Trinajstić information content (AvgIpc) is 2.60. The number of nitrogens with one attached hydrogen (secondary N) is 1. The smallest absolute Gasteiger partial charge is 0.323 e. The molecular weight excluding hydrogens is 246 g/mol. The number of esters is 2. The van der Waals surface area contributed by atoms with Crippen LogP contribution in [0.4, 0.5) is 0 Å². The van der Waals surface area contributed by atoms with Crippen LogP contribution >= 0.6 is 0 Å². The monoisotopic (exact) mass is 271 g/mol. The number of rotatable bonds is 2. The summed E-state index contributed by atoms with van der Waals surface area (Å²) in [6.07, 6.45) is 0.434. The summed E-state index contributed by atoms with van der Waals surface area (Å²) in [5.41, 5.74) is -1.01. The number of hydrogen-bond donors (Lipinski definition) is 1. The summed E-state index contributed by atoms with van der Waals surface area (Å²) in [5, 5.41) is 3.02. The molecule has 0 bridgehead atoms. The maximum absolute atomic E-state index is 11.9. The van der Waals surface area contributed by atoms with Crippen molar-refractivity contribution in [3.63, 3.8) is 0 Å². The third-order valence-corrected chi connectivity index (χ3v) is 2.56. The molecule has 0 radical (unpaired) electrons. The third-order valence-electron chi connectivity index (χ3n) is 2.56. The van der Waals surface area contributed by atoms with E-state index < -0.39 is 17.2 Å². The van der Waals surface area contributed by atoms with Gasteiger partial charge in [0.1, 0.15) is 17.2 Å². The van der Waals surface area contributed by atoms with Gasteiger partial charge in [-0.2, -0.15) is 0 Å². The van der Waals surface area contributed by atoms with Gasteiger partial charge < -0.3 is 14.8 Å². The Morgan fingerprint density at radius 3 is 1.89 bits per heavy atom. The van der Waals surface area contributed by atoms with E-state index in [1.165, 1.54) is 0 Å². The highest BCUT2D eigenvalue weighted by molar-refractivity contribution is 5.80. The first-order chi connectivity index (χ1) is 8.48. The largest absolute Gasteiger partial charge is 0.460 e. The minimum atomic E-state index is -0.511. The van der Waals surface area contributed by atoms with Crippen molar-refractivity contribution >= 4 is 11.9 Å². The molecule has 19 heavy (non-hydrogen) atoms. The molecule has 1 rings (SSSR count). The standard InChI is InChI=1S/C14H25NO4/c1-13(2,3)18-11(16)9-7-10(15-8-9)12(17)19-14(4,5)6/h9-10,15H,7-8H2,1-6H3/t9-,10-/m0/s1. The summed E-state index contributed by atoms with van der Waals surface area (Å²) >= 11 is 0. The van der Waals surface area contributed by atoms with Gasteiger partial charge in [-0.3, -0.25) is 9.59 Å². The van der Waals surface area contributed by atoms with Crippen molar-refractivity contribution < 1.29 is 19.1 Å². The van der Waals surface area contributed by atoms with E-state index in [1.54, 1.807) is 0 Å². The summed E-state index contributed by atoms with van der Waals surface area (Å²) < 4.78 is 10.6. The Balaban J connectivity index is 2.50. The average molecular weight is 271 g/mol. The lowest BCUT2D eigenvalue weighted by molar-refractivity contribution is -0.159. The Morgan fingerprint density at radius 1 is 0.947 bits per heavy atom. The van der Waals surface area contributed by atoms with Gasteiger partial charge in [0, 0.05) is 6.54 Å². The Labute approximate surface area is 115 Å². The molecular formula is C14H25NO4. The van der Waals surface area contributed by atoms with Gasteiger partial charge in [-0.15, -0.1) is 0 Å². The van der Waals surface area contributed by atoms with E-state index >= 15 is 0 Å². The van der Waals surface area contributed by atoms with Gasteiger partial charge in [0.25, 0.3) is 0 Å². The summed E-state index contributed by atoms with van der Waals surface area (Å²) in [5.74, 6) is -0.846. The molecule has 110 valence electrons. The zero-order valence-corrected chi connectivity index (χ0v) is 12.7. The summed E-state index contributed by atoms with van der Waals surface area (Å²) in [6.45, 7) is 11.4. The highest BCUT2D eigenvalue weighted by Gasteiger charge is 2.37. The summed E-state index contributed by atoms with van der Waals surface area (Å²) in [7, 11) is 0. The fourth-order valence-corrected chi connectivity index (χ4v) is 1.85. The van der Waals surface area contributed by atoms with Crippen molar-refractivity contribution in [2.45, 2.75) is 65.2 Å². The van der Waals surface area contributed by atoms with Crippen LogP contribution in [-0.4, -0.2) is 35.7 Å². The normalized spacial score (nSPS) is 24.1. The zero-order chi connectivity index (χ0) is 14.8. The van der Waals surface area contributed by atoms with E-state index in [0.29, 0.717) is 13.0 Å². The summed E-state index contributed by atoms with van der Waals surface area (Å²) in [4.78, 5) is 23.8. The molecule has 0 aromatic heterocycles. The predicted molar refractivity (Wildman–Crippen MR) is 71.6 cm³/mol. The van der Waals surface area contributed by atoms with E-state index in [2.05, 4.69) is 5.32 Å². The van der Waals surface area contributed by atoms with E-state index in [-0.39, 0.29) is 17.9 Å². The molecule has 0 unspecified atom stereocenters. The lowest BCUT2D eigenvalue weighted by atomic mass is 10.1. The molecule has 0 spiro atoms. The molecule has 0 aromatic rings. The van der Waals surface area contributed by atoms with E-state index in [0.717, 1.165) is 0 Å². The molecule has 1 aliphatic rings. The van der Waals surface area contributed by atoms with Gasteiger partial charge in [0.2, 0.25) is 0 Å². The molecule has 0 aromatic carbocycles. The topological polar surface area (TPSA) is 64.6 Å². The van der Waals surface area contributed by atoms with Crippen LogP contribution in [0.3, 0.4) is 0 Å². The first kappa shape index (κ1) is 16.0. The fourth-order valence-electron chi connectivity index (χ4n) is 1.85. The van der Waals surface area contributed by atoms with Crippen LogP contribution in [0.25, 0.3) is 0 Å². The maximum atomic E-state index is 11.9. The second-order valence-electron chi connectivity index (χ2n) is 6.96. The molecule has 5 heteroatoms. The Bertz CT molecular complexity index is 317. The SMILES string of the molecule is CC(C)(C)OC(=O)[C@@H]1CN[C@H](C(=O)OC(C)(C)C)C1. The van der Waals surface area contributed by atoms with Gasteiger partial charge >= 0.3 is 11.9 Å². The van der Waals surface area contributed by atoms with Crippen molar-refractivity contribution in [3.8, 4) is 0 Å². The number of hydrogen-bond acceptors (Lipinski definition) is 5. The molecule has 5 nitrogen and oxygen atoms in total. The van der Waals surface area contributed by atoms with E-state index in [1.807, 2.05) is 41.5 Å². The van der Waals surface area contributed by atoms with Gasteiger partial charge in [-0.1, -0.05) is 0 Å². The Kier molecular flexibility index (Phi) is 4.61. The van der Waals surface area contributed by atoms with Crippen LogP contribution in [0.2, 0.25) is 0 Å². The summed E-state index contributed by atoms with van der Waals surface area (Å²) in [6, 6.07) is -0.420. The molecule has 0 amide bonds. The molecule has 0 aliphatic carbocycles. The van der Waals surface area contributed by atoms with E-state index in [9.17, 15) is 9.59 Å². The minimum Gasteiger partial charge on any atom is -0.460 e. The van der Waals surface area contributed by atoms with Crippen LogP contribution in [-0.2, 0) is 19.1 Å². The van der Waals surface area contributed by atoms with Gasteiger partial charge in [-0.25, -0.2) is 0 Å². The number of carbonyl (C=O) groups excluding carboxylic acids is 2. The van der Waals surface area contributed by atoms with Crippen LogP contribution in [0.5, 0.6) is 0 Å². The number of carbonyl (C=O) groups is 2. The van der Waals surface area contributed by atoms with Crippen molar-refractivity contribution in [2.24, 2.45) is 5.92 Å². The van der Waals surface area contributed by atoms with Crippen LogP contribution in [0.15, 0.2) is 0 Å². The Hall–Kier alpha value is -1.10. The second kappa shape index (κ2) is 5.49. The van der Waals surface area contributed by atoms with E-state index in [4.69, 9.17) is 9.47 Å². The van der Waals surface area contributed by atoms with Crippen molar-refractivity contribution in [1.82, 2.24) is 5.32 Å². The van der Waals surface area contributed by atoms with Crippen LogP contribution in [0, 0.1) is 5.92 Å². The molecule has 1 saturated heterocycles. The maximum Gasteiger partial charge on any atom is 0.323 e. The Morgan fingerprint density at radius 2 is 1.42 bits per heavy atom. The predicted octanol–water partition coefficient (Wildman–Crippen LogP) is 1.65. The third kappa shape index (κ3) is 5.59. The highest BCUT2D eigenvalue weighted by Crippen LogP contribution is 2.21. The van der Waals surface area contributed by atoms with Gasteiger partial charge in [-0.05, 0) is 48.0 Å². The fraction of sp³-hybridized carbons (Fsp3) is 0.857. The van der Waals surface area contributed by atoms with Crippen LogP contribution in [0.1, 0.15) is 48.0 Å². The lowest BCUT2D eigenvalue weighted by Gasteiger charge is -2.22. The second-order valence-corrected chi connectivity index (χ2v) is 6.96. The first-order valence-electron chi connectivity index (χ1n) is 6.67. The zero-order valence-electron chi connectivity index (χ0n) is 12.7. The quantitative estimate of drug-likeness (QED) is 0.774. The van der Waals surface area contributed by atoms with Gasteiger partial charge in [0.15, 0.2) is 0 Å². The van der Waals surface area contributed by atoms with Crippen molar-refractivity contribution in [1.29, 1.82) is 0 Å². The minimum absolute atomic E-state index is 0.258. The highest BCUT2D eigenvalue weighted by atomic mass is 16.6. The van der Waals surface area contributed by atoms with Gasteiger partial charge in [0.05, 0.1) is 5.92 Å². The molecule has 1 heterocycles. The lowest BCUT2D eigenvalue weighted by Crippen LogP contribution is -2.37. The molecule has 2 atom stereocenters. The van der Waals surface area contributed by atoms with Crippen molar-refractivity contribution in [2.75, 3.05) is 6.54 Å². The van der Waals surface area contributed by atoms with Crippen LogP contribution < -0.4 is 5.32 Å². The number of ether oxygens (including phenoxy) is 2. The molecule has 1 aliphatic heterocycles. The molecule has 1 N–H and O–H groups in total. The first-order valence-corrected chi connectivity index (χ1v) is 6.67. The van der Waals surface area contributed by atoms with Crippen molar-refractivity contribution in [3.05, 3.63) is 0 Å². The molecule has 0 saturated carbocycles.